The minimum absolute atomic E-state index is 0. The number of halogens is 1. The van der Waals surface area contributed by atoms with Crippen LogP contribution < -0.4 is 23.0 Å². The highest BCUT2D eigenvalue weighted by Gasteiger charge is 2.16. The van der Waals surface area contributed by atoms with Crippen LogP contribution >= 0.6 is 0 Å². The van der Waals surface area contributed by atoms with Crippen molar-refractivity contribution in [2.75, 3.05) is 23.8 Å². The van der Waals surface area contributed by atoms with Gasteiger partial charge in [0.15, 0.2) is 0 Å². The van der Waals surface area contributed by atoms with Crippen molar-refractivity contribution in [3.05, 3.63) is 48.5 Å². The molecule has 0 spiro atoms. The van der Waals surface area contributed by atoms with Crippen LogP contribution in [0.4, 0.5) is 17.5 Å². The molecule has 136 valence electrons. The first-order valence-electron chi connectivity index (χ1n) is 8.46. The SMILES string of the molecule is Oc1ccc(Nc2nc(NCC3CCCO3)c3ccccc3n2)cc1.[Cl-]. The summed E-state index contributed by atoms with van der Waals surface area (Å²) in [4.78, 5) is 9.21. The van der Waals surface area contributed by atoms with Crippen LogP contribution in [-0.4, -0.2) is 34.3 Å². The minimum atomic E-state index is 0. The monoisotopic (exact) mass is 371 g/mol. The third-order valence-electron chi connectivity index (χ3n) is 4.25. The number of ether oxygens (including phenoxy) is 1. The highest BCUT2D eigenvalue weighted by molar-refractivity contribution is 5.90. The van der Waals surface area contributed by atoms with Crippen LogP contribution in [0.3, 0.4) is 0 Å². The molecule has 1 unspecified atom stereocenters. The van der Waals surface area contributed by atoms with Gasteiger partial charge in [0.2, 0.25) is 5.95 Å². The van der Waals surface area contributed by atoms with E-state index in [9.17, 15) is 5.11 Å². The van der Waals surface area contributed by atoms with Gasteiger partial charge >= 0.3 is 0 Å². The first-order chi connectivity index (χ1) is 12.3. The normalized spacial score (nSPS) is 16.2. The maximum Gasteiger partial charge on any atom is 0.229 e. The fourth-order valence-corrected chi connectivity index (χ4v) is 2.96. The Morgan fingerprint density at radius 1 is 1.08 bits per heavy atom. The van der Waals surface area contributed by atoms with E-state index in [4.69, 9.17) is 4.74 Å². The number of aromatic nitrogens is 2. The van der Waals surface area contributed by atoms with Crippen molar-refractivity contribution in [2.24, 2.45) is 0 Å². The molecule has 2 aromatic carbocycles. The molecular weight excluding hydrogens is 352 g/mol. The van der Waals surface area contributed by atoms with Crippen molar-refractivity contribution in [1.82, 2.24) is 9.97 Å². The van der Waals surface area contributed by atoms with Crippen LogP contribution in [0.5, 0.6) is 5.75 Å². The summed E-state index contributed by atoms with van der Waals surface area (Å²) in [5, 5.41) is 17.0. The van der Waals surface area contributed by atoms with Gasteiger partial charge in [-0.25, -0.2) is 4.98 Å². The van der Waals surface area contributed by atoms with Crippen LogP contribution in [0.2, 0.25) is 0 Å². The quantitative estimate of drug-likeness (QED) is 0.572. The summed E-state index contributed by atoms with van der Waals surface area (Å²) in [6, 6.07) is 14.7. The molecule has 1 aliphatic rings. The van der Waals surface area contributed by atoms with E-state index in [0.717, 1.165) is 48.4 Å². The number of phenolic OH excluding ortho intramolecular Hbond substituents is 1. The lowest BCUT2D eigenvalue weighted by Crippen LogP contribution is -3.00. The van der Waals surface area contributed by atoms with Crippen LogP contribution in [0.25, 0.3) is 10.9 Å². The second kappa shape index (κ2) is 8.21. The van der Waals surface area contributed by atoms with Gasteiger partial charge in [0, 0.05) is 24.2 Å². The number of aromatic hydroxyl groups is 1. The number of hydrogen-bond acceptors (Lipinski definition) is 6. The molecule has 4 rings (SSSR count). The number of fused-ring (bicyclic) bond motifs is 1. The van der Waals surface area contributed by atoms with E-state index < -0.39 is 0 Å². The summed E-state index contributed by atoms with van der Waals surface area (Å²) in [7, 11) is 0. The van der Waals surface area contributed by atoms with E-state index in [1.54, 1.807) is 24.3 Å². The maximum absolute atomic E-state index is 9.40. The number of nitrogens with zero attached hydrogens (tertiary/aromatic N) is 2. The maximum atomic E-state index is 9.40. The second-order valence-corrected chi connectivity index (χ2v) is 6.10. The molecule has 0 radical (unpaired) electrons. The fraction of sp³-hybridized carbons (Fsp3) is 0.263. The van der Waals surface area contributed by atoms with E-state index in [0.29, 0.717) is 5.95 Å². The van der Waals surface area contributed by atoms with Gasteiger partial charge in [-0.15, -0.1) is 0 Å². The van der Waals surface area contributed by atoms with Gasteiger partial charge < -0.3 is 32.9 Å². The minimum Gasteiger partial charge on any atom is -1.00 e. The Labute approximate surface area is 158 Å². The van der Waals surface area contributed by atoms with Gasteiger partial charge in [-0.1, -0.05) is 12.1 Å². The molecule has 3 aromatic rings. The van der Waals surface area contributed by atoms with Crippen molar-refractivity contribution < 1.29 is 22.3 Å². The highest BCUT2D eigenvalue weighted by atomic mass is 35.5. The van der Waals surface area contributed by atoms with Gasteiger partial charge in [0.05, 0.1) is 11.6 Å². The van der Waals surface area contributed by atoms with E-state index in [-0.39, 0.29) is 24.3 Å². The summed E-state index contributed by atoms with van der Waals surface area (Å²) >= 11 is 0. The summed E-state index contributed by atoms with van der Waals surface area (Å²) in [5.74, 6) is 1.53. The lowest BCUT2D eigenvalue weighted by molar-refractivity contribution is -0.00000737. The predicted octanol–water partition coefficient (Wildman–Crippen LogP) is 0.674. The van der Waals surface area contributed by atoms with E-state index >= 15 is 0 Å². The Bertz CT molecular complexity index is 867. The summed E-state index contributed by atoms with van der Waals surface area (Å²) in [6.07, 6.45) is 2.43. The number of rotatable bonds is 5. The smallest absolute Gasteiger partial charge is 0.229 e. The Morgan fingerprint density at radius 3 is 2.65 bits per heavy atom. The Balaban J connectivity index is 0.00000196. The summed E-state index contributed by atoms with van der Waals surface area (Å²) in [6.45, 7) is 1.57. The first-order valence-corrected chi connectivity index (χ1v) is 8.46. The molecule has 26 heavy (non-hydrogen) atoms. The molecule has 0 aliphatic carbocycles. The van der Waals surface area contributed by atoms with Gasteiger partial charge in [-0.3, -0.25) is 0 Å². The van der Waals surface area contributed by atoms with Crippen molar-refractivity contribution in [3.63, 3.8) is 0 Å². The Kier molecular flexibility index (Phi) is 5.75. The lowest BCUT2D eigenvalue weighted by atomic mass is 10.2. The Morgan fingerprint density at radius 2 is 1.88 bits per heavy atom. The molecule has 2 heterocycles. The topological polar surface area (TPSA) is 79.3 Å². The molecule has 7 heteroatoms. The summed E-state index contributed by atoms with van der Waals surface area (Å²) < 4.78 is 5.68. The van der Waals surface area contributed by atoms with Crippen LogP contribution in [-0.2, 0) is 4.74 Å². The van der Waals surface area contributed by atoms with E-state index in [2.05, 4.69) is 20.6 Å². The molecule has 0 saturated carbocycles. The van der Waals surface area contributed by atoms with Crippen LogP contribution in [0.15, 0.2) is 48.5 Å². The molecule has 1 aromatic heterocycles. The van der Waals surface area contributed by atoms with E-state index in [1.807, 2.05) is 24.3 Å². The first kappa shape index (κ1) is 18.2. The van der Waals surface area contributed by atoms with Gasteiger partial charge in [-0.2, -0.15) is 4.98 Å². The third kappa shape index (κ3) is 4.15. The highest BCUT2D eigenvalue weighted by Crippen LogP contribution is 2.25. The number of benzene rings is 2. The van der Waals surface area contributed by atoms with Crippen molar-refractivity contribution in [3.8, 4) is 5.75 Å². The number of phenols is 1. The largest absolute Gasteiger partial charge is 1.00 e. The second-order valence-electron chi connectivity index (χ2n) is 6.10. The van der Waals surface area contributed by atoms with Gasteiger partial charge in [0.25, 0.3) is 0 Å². The van der Waals surface area contributed by atoms with Crippen LogP contribution in [0, 0.1) is 0 Å². The zero-order valence-electron chi connectivity index (χ0n) is 14.2. The molecular formula is C19H20ClN4O2-. The number of anilines is 3. The summed E-state index contributed by atoms with van der Waals surface area (Å²) in [5.41, 5.74) is 1.69. The molecule has 3 N–H and O–H groups in total. The standard InChI is InChI=1S/C19H20N4O2.ClH/c24-14-9-7-13(8-10-14)21-19-22-17-6-2-1-5-16(17)18(23-19)20-12-15-4-3-11-25-15;/h1-2,5-10,15,24H,3-4,11-12H2,(H2,20,21,22,23);1H/p-1. The third-order valence-corrected chi connectivity index (χ3v) is 4.25. The average molecular weight is 372 g/mol. The molecule has 1 aliphatic heterocycles. The van der Waals surface area contributed by atoms with Gasteiger partial charge in [-0.05, 0) is 49.2 Å². The Hall–Kier alpha value is -2.57. The molecule has 6 nitrogen and oxygen atoms in total. The molecule has 1 fully saturated rings. The molecule has 1 saturated heterocycles. The number of nitrogens with one attached hydrogen (secondary N) is 2. The van der Waals surface area contributed by atoms with Gasteiger partial charge in [0.1, 0.15) is 11.6 Å². The zero-order chi connectivity index (χ0) is 17.1. The lowest BCUT2D eigenvalue weighted by Gasteiger charge is -2.14. The average Bonchev–Trinajstić information content (AvgIpc) is 3.15. The fourth-order valence-electron chi connectivity index (χ4n) is 2.96. The van der Waals surface area contributed by atoms with E-state index in [1.165, 1.54) is 0 Å². The van der Waals surface area contributed by atoms with Crippen molar-refractivity contribution >= 4 is 28.4 Å². The van der Waals surface area contributed by atoms with Crippen molar-refractivity contribution in [1.29, 1.82) is 0 Å². The number of hydrogen-bond donors (Lipinski definition) is 3. The van der Waals surface area contributed by atoms with Crippen LogP contribution in [0.1, 0.15) is 12.8 Å². The number of para-hydroxylation sites is 1. The molecule has 1 atom stereocenters. The van der Waals surface area contributed by atoms with Crippen molar-refractivity contribution in [2.45, 2.75) is 18.9 Å². The zero-order valence-corrected chi connectivity index (χ0v) is 14.9. The molecule has 0 bridgehead atoms. The predicted molar refractivity (Wildman–Crippen MR) is 98.4 cm³/mol. The molecule has 0 amide bonds.